The first kappa shape index (κ1) is 23.6. The Balaban J connectivity index is 1.40. The van der Waals surface area contributed by atoms with E-state index < -0.39 is 35.8 Å². The van der Waals surface area contributed by atoms with Gasteiger partial charge in [-0.1, -0.05) is 48.5 Å². The van der Waals surface area contributed by atoms with Gasteiger partial charge in [0.25, 0.3) is 0 Å². The van der Waals surface area contributed by atoms with Crippen LogP contribution >= 0.6 is 0 Å². The maximum absolute atomic E-state index is 12.6. The standard InChI is InChI=1S/C26H30N2O6/c1-26(2,3)34-25(31)28-14-16(13-22(28)23(29)32-4)27-24(30)33-15-21-19-11-7-5-9-17(19)18-10-6-8-12-20(18)21/h5-12,16,21-22H,13-15H2,1-4H3,(H,27,30)/t16-,22-/m0/s1. The van der Waals surface area contributed by atoms with Crippen molar-refractivity contribution in [2.75, 3.05) is 20.3 Å². The zero-order valence-corrected chi connectivity index (χ0v) is 19.9. The zero-order chi connectivity index (χ0) is 24.5. The second-order valence-corrected chi connectivity index (χ2v) is 9.57. The monoisotopic (exact) mass is 466 g/mol. The lowest BCUT2D eigenvalue weighted by molar-refractivity contribution is -0.145. The van der Waals surface area contributed by atoms with E-state index in [1.165, 1.54) is 12.0 Å². The van der Waals surface area contributed by atoms with Crippen molar-refractivity contribution in [3.05, 3.63) is 59.7 Å². The Kier molecular flexibility index (Phi) is 6.50. The smallest absolute Gasteiger partial charge is 0.411 e. The fraction of sp³-hybridized carbons (Fsp3) is 0.423. The number of carbonyl (C=O) groups is 3. The van der Waals surface area contributed by atoms with Crippen LogP contribution in [0.2, 0.25) is 0 Å². The van der Waals surface area contributed by atoms with Crippen LogP contribution in [0.3, 0.4) is 0 Å². The molecule has 180 valence electrons. The first-order valence-electron chi connectivity index (χ1n) is 11.4. The van der Waals surface area contributed by atoms with Crippen molar-refractivity contribution in [1.29, 1.82) is 0 Å². The van der Waals surface area contributed by atoms with E-state index in [0.29, 0.717) is 0 Å². The zero-order valence-electron chi connectivity index (χ0n) is 19.9. The van der Waals surface area contributed by atoms with Gasteiger partial charge in [0.05, 0.1) is 13.2 Å². The predicted octanol–water partition coefficient (Wildman–Crippen LogP) is 4.08. The van der Waals surface area contributed by atoms with Crippen LogP contribution in [-0.4, -0.2) is 61.0 Å². The Labute approximate surface area is 199 Å². The Morgan fingerprint density at radius 2 is 1.59 bits per heavy atom. The quantitative estimate of drug-likeness (QED) is 0.539. The van der Waals surface area contributed by atoms with Gasteiger partial charge in [0.1, 0.15) is 18.2 Å². The number of hydrogen-bond donors (Lipinski definition) is 1. The van der Waals surface area contributed by atoms with Gasteiger partial charge in [-0.15, -0.1) is 0 Å². The van der Waals surface area contributed by atoms with Crippen LogP contribution in [0.5, 0.6) is 0 Å². The molecule has 0 aromatic heterocycles. The summed E-state index contributed by atoms with van der Waals surface area (Å²) in [6, 6.07) is 14.9. The van der Waals surface area contributed by atoms with Crippen LogP contribution in [0.25, 0.3) is 11.1 Å². The summed E-state index contributed by atoms with van der Waals surface area (Å²) in [4.78, 5) is 38.8. The molecular weight excluding hydrogens is 436 g/mol. The minimum absolute atomic E-state index is 0.0530. The second kappa shape index (κ2) is 9.37. The average molecular weight is 467 g/mol. The summed E-state index contributed by atoms with van der Waals surface area (Å²) in [5.74, 6) is -0.606. The van der Waals surface area contributed by atoms with Gasteiger partial charge in [0.2, 0.25) is 0 Å². The van der Waals surface area contributed by atoms with Gasteiger partial charge >= 0.3 is 18.2 Å². The van der Waals surface area contributed by atoms with Crippen LogP contribution in [0.1, 0.15) is 44.2 Å². The van der Waals surface area contributed by atoms with Crippen molar-refractivity contribution in [3.8, 4) is 11.1 Å². The maximum atomic E-state index is 12.6. The molecule has 2 aromatic rings. The van der Waals surface area contributed by atoms with E-state index in [1.54, 1.807) is 20.8 Å². The minimum atomic E-state index is -0.835. The molecule has 1 fully saturated rings. The number of fused-ring (bicyclic) bond motifs is 3. The number of benzene rings is 2. The molecule has 0 saturated carbocycles. The fourth-order valence-electron chi connectivity index (χ4n) is 4.63. The van der Waals surface area contributed by atoms with Crippen molar-refractivity contribution in [1.82, 2.24) is 10.2 Å². The fourth-order valence-corrected chi connectivity index (χ4v) is 4.63. The second-order valence-electron chi connectivity index (χ2n) is 9.57. The summed E-state index contributed by atoms with van der Waals surface area (Å²) in [6.07, 6.45) is -1.00. The highest BCUT2D eigenvalue weighted by Crippen LogP contribution is 2.44. The van der Waals surface area contributed by atoms with Crippen LogP contribution in [0.15, 0.2) is 48.5 Å². The summed E-state index contributed by atoms with van der Waals surface area (Å²) in [5, 5.41) is 2.79. The Morgan fingerprint density at radius 3 is 2.15 bits per heavy atom. The van der Waals surface area contributed by atoms with Crippen molar-refractivity contribution >= 4 is 18.2 Å². The van der Waals surface area contributed by atoms with Crippen LogP contribution < -0.4 is 5.32 Å². The van der Waals surface area contributed by atoms with Gasteiger partial charge in [-0.05, 0) is 43.0 Å². The summed E-state index contributed by atoms with van der Waals surface area (Å²) in [7, 11) is 1.27. The lowest BCUT2D eigenvalue weighted by Crippen LogP contribution is -2.44. The van der Waals surface area contributed by atoms with Gasteiger partial charge in [0, 0.05) is 18.9 Å². The SMILES string of the molecule is COC(=O)[C@@H]1C[C@H](NC(=O)OCC2c3ccccc3-c3ccccc32)CN1C(=O)OC(C)(C)C. The highest BCUT2D eigenvalue weighted by molar-refractivity contribution is 5.83. The predicted molar refractivity (Wildman–Crippen MR) is 125 cm³/mol. The lowest BCUT2D eigenvalue weighted by Gasteiger charge is -2.27. The number of nitrogens with one attached hydrogen (secondary N) is 1. The molecule has 34 heavy (non-hydrogen) atoms. The molecule has 1 saturated heterocycles. The highest BCUT2D eigenvalue weighted by Gasteiger charge is 2.43. The van der Waals surface area contributed by atoms with Crippen molar-refractivity contribution in [3.63, 3.8) is 0 Å². The lowest BCUT2D eigenvalue weighted by atomic mass is 9.98. The van der Waals surface area contributed by atoms with Gasteiger partial charge in [-0.2, -0.15) is 0 Å². The average Bonchev–Trinajstić information content (AvgIpc) is 3.35. The number of hydrogen-bond acceptors (Lipinski definition) is 6. The number of nitrogens with zero attached hydrogens (tertiary/aromatic N) is 1. The molecule has 0 unspecified atom stereocenters. The summed E-state index contributed by atoms with van der Waals surface area (Å²) in [5.41, 5.74) is 3.84. The number of ether oxygens (including phenoxy) is 3. The van der Waals surface area contributed by atoms with Gasteiger partial charge in [-0.3, -0.25) is 4.90 Å². The van der Waals surface area contributed by atoms with Crippen molar-refractivity contribution in [2.24, 2.45) is 0 Å². The van der Waals surface area contributed by atoms with E-state index in [4.69, 9.17) is 14.2 Å². The van der Waals surface area contributed by atoms with E-state index in [1.807, 2.05) is 24.3 Å². The molecule has 8 nitrogen and oxygen atoms in total. The number of alkyl carbamates (subject to hydrolysis) is 1. The van der Waals surface area contributed by atoms with Gasteiger partial charge in [0.15, 0.2) is 0 Å². The third kappa shape index (κ3) is 4.85. The molecule has 0 bridgehead atoms. The molecule has 4 rings (SSSR count). The Morgan fingerprint density at radius 1 is 1.00 bits per heavy atom. The number of carbonyl (C=O) groups excluding carboxylic acids is 3. The van der Waals surface area contributed by atoms with Gasteiger partial charge in [-0.25, -0.2) is 14.4 Å². The molecule has 0 radical (unpaired) electrons. The molecule has 1 N–H and O–H groups in total. The van der Waals surface area contributed by atoms with Crippen molar-refractivity contribution < 1.29 is 28.6 Å². The normalized spacial score (nSPS) is 19.2. The highest BCUT2D eigenvalue weighted by atomic mass is 16.6. The minimum Gasteiger partial charge on any atom is -0.467 e. The molecule has 8 heteroatoms. The Hall–Kier alpha value is -3.55. The maximum Gasteiger partial charge on any atom is 0.411 e. The molecule has 2 amide bonds. The molecule has 1 heterocycles. The van der Waals surface area contributed by atoms with E-state index >= 15 is 0 Å². The van der Waals surface area contributed by atoms with Crippen LogP contribution in [-0.2, 0) is 19.0 Å². The number of amides is 2. The molecule has 2 atom stereocenters. The molecule has 0 spiro atoms. The molecule has 1 aliphatic carbocycles. The molecule has 1 aliphatic heterocycles. The number of rotatable bonds is 4. The van der Waals surface area contributed by atoms with Crippen molar-refractivity contribution in [2.45, 2.75) is 50.8 Å². The van der Waals surface area contributed by atoms with Gasteiger partial charge < -0.3 is 19.5 Å². The topological polar surface area (TPSA) is 94.2 Å². The number of esters is 1. The first-order chi connectivity index (χ1) is 16.2. The Bertz CT molecular complexity index is 1050. The summed E-state index contributed by atoms with van der Waals surface area (Å²) >= 11 is 0. The third-order valence-corrected chi connectivity index (χ3v) is 6.07. The largest absolute Gasteiger partial charge is 0.467 e. The summed E-state index contributed by atoms with van der Waals surface area (Å²) in [6.45, 7) is 5.56. The van der Waals surface area contributed by atoms with Crippen LogP contribution in [0.4, 0.5) is 9.59 Å². The van der Waals surface area contributed by atoms with E-state index in [2.05, 4.69) is 29.6 Å². The first-order valence-corrected chi connectivity index (χ1v) is 11.4. The number of methoxy groups -OCH3 is 1. The van der Waals surface area contributed by atoms with Crippen LogP contribution in [0, 0.1) is 0 Å². The van der Waals surface area contributed by atoms with E-state index in [9.17, 15) is 14.4 Å². The molecule has 2 aromatic carbocycles. The van der Waals surface area contributed by atoms with E-state index in [0.717, 1.165) is 22.3 Å². The third-order valence-electron chi connectivity index (χ3n) is 6.07. The number of likely N-dealkylation sites (tertiary alicyclic amines) is 1. The molecular formula is C26H30N2O6. The summed E-state index contributed by atoms with van der Waals surface area (Å²) < 4.78 is 15.9. The van der Waals surface area contributed by atoms with E-state index in [-0.39, 0.29) is 25.5 Å². The molecule has 2 aliphatic rings.